The number of hydrogen-bond acceptors (Lipinski definition) is 3. The van der Waals surface area contributed by atoms with Crippen LogP contribution in [0.15, 0.2) is 97.6 Å². The number of pyridine rings is 2. The first-order valence-corrected chi connectivity index (χ1v) is 9.87. The minimum Gasteiger partial charge on any atom is -0.351 e. The average Bonchev–Trinajstić information content (AvgIpc) is 3.40. The zero-order valence-electron chi connectivity index (χ0n) is 15.6. The minimum absolute atomic E-state index is 0.0602. The highest BCUT2D eigenvalue weighted by Crippen LogP contribution is 2.42. The van der Waals surface area contributed by atoms with Gasteiger partial charge >= 0.3 is 0 Å². The molecule has 5 rings (SSSR count). The van der Waals surface area contributed by atoms with Gasteiger partial charge in [0.1, 0.15) is 6.04 Å². The number of thiocarbonyl (C=S) groups is 1. The number of hydrogen-bond donors (Lipinski definition) is 1. The molecule has 4 heterocycles. The van der Waals surface area contributed by atoms with Crippen molar-refractivity contribution in [1.82, 2.24) is 19.9 Å². The van der Waals surface area contributed by atoms with Crippen LogP contribution in [0.1, 0.15) is 23.5 Å². The summed E-state index contributed by atoms with van der Waals surface area (Å²) < 4.78 is 2.17. The fourth-order valence-electron chi connectivity index (χ4n) is 3.89. The largest absolute Gasteiger partial charge is 0.351 e. The van der Waals surface area contributed by atoms with Crippen molar-refractivity contribution in [1.29, 1.82) is 0 Å². The summed E-state index contributed by atoms with van der Waals surface area (Å²) in [6.45, 7) is 0. The van der Waals surface area contributed by atoms with E-state index >= 15 is 0 Å². The van der Waals surface area contributed by atoms with Gasteiger partial charge in [0.05, 0.1) is 23.6 Å². The van der Waals surface area contributed by atoms with Gasteiger partial charge in [0.25, 0.3) is 0 Å². The van der Waals surface area contributed by atoms with Crippen LogP contribution in [0.3, 0.4) is 0 Å². The Balaban J connectivity index is 1.67. The third kappa shape index (κ3) is 3.17. The first-order chi connectivity index (χ1) is 14.3. The van der Waals surface area contributed by atoms with Crippen LogP contribution < -0.4 is 10.2 Å². The summed E-state index contributed by atoms with van der Waals surface area (Å²) in [6.07, 6.45) is 7.54. The van der Waals surface area contributed by atoms with Gasteiger partial charge in [-0.25, -0.2) is 0 Å². The SMILES string of the molecule is S=C1N[C@H](c2ccccn2)[C@@H](c2cccn2-c2cccnc2)N1c1ccccc1. The van der Waals surface area contributed by atoms with E-state index in [9.17, 15) is 0 Å². The third-order valence-electron chi connectivity index (χ3n) is 5.14. The molecule has 0 bridgehead atoms. The van der Waals surface area contributed by atoms with E-state index in [-0.39, 0.29) is 12.1 Å². The van der Waals surface area contributed by atoms with Crippen molar-refractivity contribution in [3.05, 3.63) is 109 Å². The van der Waals surface area contributed by atoms with E-state index in [0.717, 1.165) is 22.8 Å². The van der Waals surface area contributed by atoms with Crippen LogP contribution in [0.2, 0.25) is 0 Å². The second kappa shape index (κ2) is 7.48. The van der Waals surface area contributed by atoms with Crippen LogP contribution >= 0.6 is 12.2 Å². The first kappa shape index (κ1) is 17.6. The highest BCUT2D eigenvalue weighted by Gasteiger charge is 2.42. The van der Waals surface area contributed by atoms with Gasteiger partial charge in [0, 0.05) is 30.0 Å². The molecule has 1 aliphatic rings. The molecule has 0 unspecified atom stereocenters. The summed E-state index contributed by atoms with van der Waals surface area (Å²) in [5, 5.41) is 4.19. The third-order valence-corrected chi connectivity index (χ3v) is 5.45. The summed E-state index contributed by atoms with van der Waals surface area (Å²) in [4.78, 5) is 11.1. The molecule has 1 saturated heterocycles. The second-order valence-electron chi connectivity index (χ2n) is 6.85. The summed E-state index contributed by atoms with van der Waals surface area (Å²) in [5.41, 5.74) is 4.13. The van der Waals surface area contributed by atoms with Gasteiger partial charge in [-0.15, -0.1) is 0 Å². The number of para-hydroxylation sites is 1. The summed E-state index contributed by atoms with van der Waals surface area (Å²) in [6, 6.07) is 24.3. The Labute approximate surface area is 174 Å². The van der Waals surface area contributed by atoms with Crippen molar-refractivity contribution in [3.8, 4) is 5.69 Å². The topological polar surface area (TPSA) is 46.0 Å². The van der Waals surface area contributed by atoms with Gasteiger partial charge in [-0.3, -0.25) is 9.97 Å². The van der Waals surface area contributed by atoms with Crippen LogP contribution in [0.4, 0.5) is 5.69 Å². The van der Waals surface area contributed by atoms with Gasteiger partial charge in [-0.2, -0.15) is 0 Å². The predicted octanol–water partition coefficient (Wildman–Crippen LogP) is 4.44. The monoisotopic (exact) mass is 397 g/mol. The van der Waals surface area contributed by atoms with E-state index in [1.807, 2.05) is 54.9 Å². The molecule has 29 heavy (non-hydrogen) atoms. The van der Waals surface area contributed by atoms with Crippen LogP contribution in [0, 0.1) is 0 Å². The quantitative estimate of drug-likeness (QED) is 0.516. The maximum Gasteiger partial charge on any atom is 0.174 e. The Morgan fingerprint density at radius 1 is 0.828 bits per heavy atom. The highest BCUT2D eigenvalue weighted by molar-refractivity contribution is 7.80. The van der Waals surface area contributed by atoms with Crippen molar-refractivity contribution in [2.75, 3.05) is 4.90 Å². The van der Waals surface area contributed by atoms with E-state index in [4.69, 9.17) is 12.2 Å². The molecule has 2 atom stereocenters. The lowest BCUT2D eigenvalue weighted by Gasteiger charge is -2.29. The van der Waals surface area contributed by atoms with Crippen molar-refractivity contribution < 1.29 is 0 Å². The normalized spacial score (nSPS) is 18.6. The van der Waals surface area contributed by atoms with E-state index in [1.165, 1.54) is 0 Å². The summed E-state index contributed by atoms with van der Waals surface area (Å²) in [5.74, 6) is 0. The molecule has 0 amide bonds. The van der Waals surface area contributed by atoms with Crippen molar-refractivity contribution in [3.63, 3.8) is 0 Å². The zero-order chi connectivity index (χ0) is 19.6. The Hall–Kier alpha value is -3.51. The van der Waals surface area contributed by atoms with Crippen LogP contribution in [-0.4, -0.2) is 19.6 Å². The maximum atomic E-state index is 5.78. The molecule has 1 aliphatic heterocycles. The molecule has 1 N–H and O–H groups in total. The fraction of sp³-hybridized carbons (Fsp3) is 0.0870. The lowest BCUT2D eigenvalue weighted by atomic mass is 10.0. The molecule has 4 aromatic rings. The fourth-order valence-corrected chi connectivity index (χ4v) is 4.23. The van der Waals surface area contributed by atoms with Gasteiger partial charge in [-0.05, 0) is 60.7 Å². The van der Waals surface area contributed by atoms with Gasteiger partial charge in [0.15, 0.2) is 5.11 Å². The predicted molar refractivity (Wildman–Crippen MR) is 118 cm³/mol. The highest BCUT2D eigenvalue weighted by atomic mass is 32.1. The molecule has 1 fully saturated rings. The lowest BCUT2D eigenvalue weighted by Crippen LogP contribution is -2.30. The smallest absolute Gasteiger partial charge is 0.174 e. The van der Waals surface area contributed by atoms with Gasteiger partial charge < -0.3 is 14.8 Å². The molecule has 1 aromatic carbocycles. The van der Waals surface area contributed by atoms with Gasteiger partial charge in [0.2, 0.25) is 0 Å². The Kier molecular flexibility index (Phi) is 4.54. The number of nitrogens with one attached hydrogen (secondary N) is 1. The van der Waals surface area contributed by atoms with E-state index in [1.54, 1.807) is 6.20 Å². The maximum absolute atomic E-state index is 5.78. The molecular weight excluding hydrogens is 378 g/mol. The molecule has 0 spiro atoms. The molecule has 5 nitrogen and oxygen atoms in total. The number of benzene rings is 1. The van der Waals surface area contributed by atoms with Crippen LogP contribution in [0.5, 0.6) is 0 Å². The number of rotatable bonds is 4. The Morgan fingerprint density at radius 3 is 2.41 bits per heavy atom. The molecule has 0 radical (unpaired) electrons. The summed E-state index contributed by atoms with van der Waals surface area (Å²) in [7, 11) is 0. The molecule has 3 aromatic heterocycles. The zero-order valence-corrected chi connectivity index (χ0v) is 16.4. The molecular formula is C23H19N5S. The van der Waals surface area contributed by atoms with E-state index < -0.39 is 0 Å². The molecule has 0 saturated carbocycles. The van der Waals surface area contributed by atoms with Crippen molar-refractivity contribution in [2.24, 2.45) is 0 Å². The lowest BCUT2D eigenvalue weighted by molar-refractivity contribution is 0.549. The molecule has 0 aliphatic carbocycles. The van der Waals surface area contributed by atoms with Crippen molar-refractivity contribution >= 4 is 23.0 Å². The van der Waals surface area contributed by atoms with E-state index in [0.29, 0.717) is 5.11 Å². The molecule has 142 valence electrons. The van der Waals surface area contributed by atoms with E-state index in [2.05, 4.69) is 61.3 Å². The second-order valence-corrected chi connectivity index (χ2v) is 7.23. The number of nitrogens with zero attached hydrogens (tertiary/aromatic N) is 4. The number of anilines is 1. The van der Waals surface area contributed by atoms with Gasteiger partial charge in [-0.1, -0.05) is 24.3 Å². The summed E-state index contributed by atoms with van der Waals surface area (Å²) >= 11 is 5.78. The standard InChI is InChI=1S/C23H19N5S/c29-23-26-21(19-11-4-5-14-25-19)22(28(23)17-8-2-1-3-9-17)20-12-7-15-27(20)18-10-6-13-24-16-18/h1-16,21-22H,(H,26,29)/t21-,22-/m1/s1. The van der Waals surface area contributed by atoms with Crippen LogP contribution in [0.25, 0.3) is 5.69 Å². The Bertz CT molecular complexity index is 1110. The average molecular weight is 398 g/mol. The van der Waals surface area contributed by atoms with Crippen molar-refractivity contribution in [2.45, 2.75) is 12.1 Å². The first-order valence-electron chi connectivity index (χ1n) is 9.46. The number of aromatic nitrogens is 3. The minimum atomic E-state index is -0.0748. The Morgan fingerprint density at radius 2 is 1.66 bits per heavy atom. The van der Waals surface area contributed by atoms with Crippen LogP contribution in [-0.2, 0) is 0 Å². The molecule has 6 heteroatoms.